The van der Waals surface area contributed by atoms with Crippen molar-refractivity contribution in [3.8, 4) is 5.75 Å². The van der Waals surface area contributed by atoms with Gasteiger partial charge < -0.3 is 10.5 Å². The summed E-state index contributed by atoms with van der Waals surface area (Å²) >= 11 is 2.23. The van der Waals surface area contributed by atoms with Gasteiger partial charge >= 0.3 is 0 Å². The minimum absolute atomic E-state index is 0.109. The summed E-state index contributed by atoms with van der Waals surface area (Å²) in [6.45, 7) is 4.05. The molecule has 1 unspecified atom stereocenters. The third-order valence-corrected chi connectivity index (χ3v) is 4.35. The zero-order valence-electron chi connectivity index (χ0n) is 10.6. The van der Waals surface area contributed by atoms with Gasteiger partial charge in [0.25, 0.3) is 0 Å². The minimum atomic E-state index is 0.109. The van der Waals surface area contributed by atoms with Crippen LogP contribution >= 0.6 is 22.6 Å². The molecule has 2 rings (SSSR count). The minimum Gasteiger partial charge on any atom is -0.497 e. The van der Waals surface area contributed by atoms with E-state index in [0.29, 0.717) is 0 Å². The highest BCUT2D eigenvalue weighted by molar-refractivity contribution is 14.1. The lowest BCUT2D eigenvalue weighted by atomic mass is 10.1. The molecule has 0 fully saturated rings. The highest BCUT2D eigenvalue weighted by atomic mass is 127. The van der Waals surface area contributed by atoms with Crippen LogP contribution in [0.2, 0.25) is 0 Å². The Morgan fingerprint density at radius 1 is 1.33 bits per heavy atom. The Kier molecular flexibility index (Phi) is 3.79. The van der Waals surface area contributed by atoms with Crippen molar-refractivity contribution < 1.29 is 4.74 Å². The van der Waals surface area contributed by atoms with Crippen LogP contribution in [0.4, 0.5) is 5.82 Å². The molecule has 0 spiro atoms. The molecule has 5 heteroatoms. The van der Waals surface area contributed by atoms with Crippen LogP contribution < -0.4 is 10.5 Å². The lowest BCUT2D eigenvalue weighted by Gasteiger charge is -2.14. The number of rotatable bonds is 3. The molecule has 0 aliphatic carbocycles. The van der Waals surface area contributed by atoms with Crippen LogP contribution in [0.1, 0.15) is 24.2 Å². The van der Waals surface area contributed by atoms with Gasteiger partial charge in [0.15, 0.2) is 0 Å². The molecule has 1 aromatic carbocycles. The fourth-order valence-electron chi connectivity index (χ4n) is 1.86. The van der Waals surface area contributed by atoms with E-state index in [1.807, 2.05) is 35.9 Å². The van der Waals surface area contributed by atoms with E-state index >= 15 is 0 Å². The third kappa shape index (κ3) is 2.31. The number of anilines is 1. The van der Waals surface area contributed by atoms with E-state index in [9.17, 15) is 0 Å². The van der Waals surface area contributed by atoms with Gasteiger partial charge in [-0.2, -0.15) is 5.10 Å². The molecule has 0 radical (unpaired) electrons. The number of ether oxygens (including phenoxy) is 1. The van der Waals surface area contributed by atoms with E-state index in [2.05, 4.69) is 34.6 Å². The first-order valence-electron chi connectivity index (χ1n) is 5.68. The number of aryl methyl sites for hydroxylation is 1. The molecule has 0 aliphatic heterocycles. The second-order valence-electron chi connectivity index (χ2n) is 4.18. The first-order chi connectivity index (χ1) is 8.54. The van der Waals surface area contributed by atoms with Crippen molar-refractivity contribution in [2.75, 3.05) is 12.8 Å². The maximum Gasteiger partial charge on any atom is 0.136 e. The maximum atomic E-state index is 6.07. The largest absolute Gasteiger partial charge is 0.497 e. The quantitative estimate of drug-likeness (QED) is 0.860. The lowest BCUT2D eigenvalue weighted by molar-refractivity contribution is 0.414. The average Bonchev–Trinajstić information content (AvgIpc) is 2.66. The Hall–Kier alpha value is -1.24. The number of methoxy groups -OCH3 is 1. The van der Waals surface area contributed by atoms with Gasteiger partial charge in [-0.15, -0.1) is 0 Å². The number of hydrogen-bond acceptors (Lipinski definition) is 3. The van der Waals surface area contributed by atoms with Crippen molar-refractivity contribution in [1.29, 1.82) is 0 Å². The molecule has 18 heavy (non-hydrogen) atoms. The number of aromatic nitrogens is 2. The Bertz CT molecular complexity index is 548. The van der Waals surface area contributed by atoms with E-state index in [1.165, 1.54) is 0 Å². The molecule has 0 bridgehead atoms. The van der Waals surface area contributed by atoms with Crippen LogP contribution in [0.25, 0.3) is 0 Å². The Morgan fingerprint density at radius 2 is 1.94 bits per heavy atom. The predicted molar refractivity (Wildman–Crippen MR) is 80.9 cm³/mol. The van der Waals surface area contributed by atoms with Crippen molar-refractivity contribution in [2.24, 2.45) is 0 Å². The van der Waals surface area contributed by atoms with E-state index in [0.717, 1.165) is 26.4 Å². The van der Waals surface area contributed by atoms with Crippen LogP contribution in [-0.4, -0.2) is 16.9 Å². The Labute approximate surface area is 120 Å². The van der Waals surface area contributed by atoms with Gasteiger partial charge in [0.1, 0.15) is 11.6 Å². The molecule has 0 aliphatic rings. The summed E-state index contributed by atoms with van der Waals surface area (Å²) in [5, 5.41) is 4.48. The molecule has 1 aromatic heterocycles. The summed E-state index contributed by atoms with van der Waals surface area (Å²) in [6.07, 6.45) is 0. The van der Waals surface area contributed by atoms with Gasteiger partial charge in [0.2, 0.25) is 0 Å². The third-order valence-electron chi connectivity index (χ3n) is 3.01. The number of halogens is 1. The number of nitrogen functional groups attached to an aromatic ring is 1. The van der Waals surface area contributed by atoms with Gasteiger partial charge in [-0.05, 0) is 54.1 Å². The zero-order valence-corrected chi connectivity index (χ0v) is 12.8. The lowest BCUT2D eigenvalue weighted by Crippen LogP contribution is -2.11. The maximum absolute atomic E-state index is 6.07. The molecule has 96 valence electrons. The molecule has 0 saturated heterocycles. The van der Waals surface area contributed by atoms with Crippen LogP contribution in [0.15, 0.2) is 24.3 Å². The van der Waals surface area contributed by atoms with Crippen LogP contribution in [0, 0.1) is 10.5 Å². The first kappa shape index (κ1) is 13.2. The van der Waals surface area contributed by atoms with E-state index in [4.69, 9.17) is 10.5 Å². The van der Waals surface area contributed by atoms with Crippen molar-refractivity contribution >= 4 is 28.4 Å². The molecule has 1 atom stereocenters. The summed E-state index contributed by atoms with van der Waals surface area (Å²) in [5.74, 6) is 1.57. The molecule has 1 heterocycles. The second-order valence-corrected chi connectivity index (χ2v) is 5.26. The highest BCUT2D eigenvalue weighted by Gasteiger charge is 2.16. The number of nitrogens with two attached hydrogens (primary N) is 1. The summed E-state index contributed by atoms with van der Waals surface area (Å²) < 4.78 is 8.03. The first-order valence-corrected chi connectivity index (χ1v) is 6.76. The number of benzene rings is 1. The summed E-state index contributed by atoms with van der Waals surface area (Å²) in [7, 11) is 1.66. The Balaban J connectivity index is 2.34. The monoisotopic (exact) mass is 357 g/mol. The molecule has 0 amide bonds. The molecule has 4 nitrogen and oxygen atoms in total. The molecule has 2 N–H and O–H groups in total. The molecular weight excluding hydrogens is 341 g/mol. The van der Waals surface area contributed by atoms with Crippen molar-refractivity contribution in [3.63, 3.8) is 0 Å². The normalized spacial score (nSPS) is 12.4. The zero-order chi connectivity index (χ0) is 13.3. The van der Waals surface area contributed by atoms with Gasteiger partial charge in [-0.25, -0.2) is 4.68 Å². The van der Waals surface area contributed by atoms with E-state index < -0.39 is 0 Å². The van der Waals surface area contributed by atoms with Crippen molar-refractivity contribution in [2.45, 2.75) is 19.9 Å². The van der Waals surface area contributed by atoms with Crippen molar-refractivity contribution in [1.82, 2.24) is 9.78 Å². The van der Waals surface area contributed by atoms with Gasteiger partial charge in [-0.1, -0.05) is 12.1 Å². The smallest absolute Gasteiger partial charge is 0.136 e. The number of nitrogens with zero attached hydrogens (tertiary/aromatic N) is 2. The Morgan fingerprint density at radius 3 is 2.39 bits per heavy atom. The van der Waals surface area contributed by atoms with E-state index in [1.54, 1.807) is 7.11 Å². The SMILES string of the molecule is COc1ccc(C(C)n2nc(C)c(I)c2N)cc1. The van der Waals surface area contributed by atoms with Gasteiger partial charge in [-0.3, -0.25) is 0 Å². The predicted octanol–water partition coefficient (Wildman–Crippen LogP) is 3.00. The number of hydrogen-bond donors (Lipinski definition) is 1. The summed E-state index contributed by atoms with van der Waals surface area (Å²) in [4.78, 5) is 0. The second kappa shape index (κ2) is 5.17. The van der Waals surface area contributed by atoms with Gasteiger partial charge in [0.05, 0.1) is 22.4 Å². The van der Waals surface area contributed by atoms with Crippen LogP contribution in [0.3, 0.4) is 0 Å². The summed E-state index contributed by atoms with van der Waals surface area (Å²) in [6, 6.07) is 8.07. The fourth-order valence-corrected chi connectivity index (χ4v) is 2.22. The van der Waals surface area contributed by atoms with Crippen molar-refractivity contribution in [3.05, 3.63) is 39.1 Å². The van der Waals surface area contributed by atoms with Crippen LogP contribution in [-0.2, 0) is 0 Å². The topological polar surface area (TPSA) is 53.1 Å². The molecule has 2 aromatic rings. The highest BCUT2D eigenvalue weighted by Crippen LogP contribution is 2.26. The fraction of sp³-hybridized carbons (Fsp3) is 0.308. The van der Waals surface area contributed by atoms with E-state index in [-0.39, 0.29) is 6.04 Å². The van der Waals surface area contributed by atoms with Crippen LogP contribution in [0.5, 0.6) is 5.75 Å². The average molecular weight is 357 g/mol. The van der Waals surface area contributed by atoms with Gasteiger partial charge in [0, 0.05) is 0 Å². The summed E-state index contributed by atoms with van der Waals surface area (Å²) in [5.41, 5.74) is 8.19. The molecule has 0 saturated carbocycles. The molecular formula is C13H16IN3O. The standard InChI is InChI=1S/C13H16IN3O/c1-8-12(14)13(15)17(16-8)9(2)10-4-6-11(18-3)7-5-10/h4-7,9H,15H2,1-3H3.